The molecule has 0 aliphatic rings. The third-order valence-electron chi connectivity index (χ3n) is 5.40. The summed E-state index contributed by atoms with van der Waals surface area (Å²) in [6.07, 6.45) is 3.18. The standard InChI is InChI=1S/C27H35N3O4/c1-20(30(26(33)34)27(2,3)4)25(32)29-23(16-15-21-11-7-5-8-12-21)17-18-24(31)28-19-22-13-9-6-10-14-22/h5-14,17-18,20,23H,15-16,19H2,1-4H3,(H,28,31)(H,29,32)(H,33,34)/t20-,23-/m0/s1. The zero-order valence-electron chi connectivity index (χ0n) is 20.3. The van der Waals surface area contributed by atoms with Gasteiger partial charge in [0, 0.05) is 24.2 Å². The Morgan fingerprint density at radius 1 is 0.971 bits per heavy atom. The van der Waals surface area contributed by atoms with Gasteiger partial charge in [-0.1, -0.05) is 66.7 Å². The zero-order chi connectivity index (χ0) is 25.1. The first-order valence-electron chi connectivity index (χ1n) is 11.4. The summed E-state index contributed by atoms with van der Waals surface area (Å²) in [5, 5.41) is 15.4. The third kappa shape index (κ3) is 8.73. The molecule has 0 fully saturated rings. The van der Waals surface area contributed by atoms with Crippen LogP contribution in [0.3, 0.4) is 0 Å². The molecule has 0 aromatic heterocycles. The first-order chi connectivity index (χ1) is 16.1. The maximum absolute atomic E-state index is 13.0. The van der Waals surface area contributed by atoms with Gasteiger partial charge in [0.05, 0.1) is 0 Å². The predicted octanol–water partition coefficient (Wildman–Crippen LogP) is 4.14. The van der Waals surface area contributed by atoms with Gasteiger partial charge in [0.2, 0.25) is 11.8 Å². The van der Waals surface area contributed by atoms with E-state index in [4.69, 9.17) is 0 Å². The van der Waals surface area contributed by atoms with E-state index < -0.39 is 29.6 Å². The number of carboxylic acid groups (broad SMARTS) is 1. The van der Waals surface area contributed by atoms with E-state index in [9.17, 15) is 19.5 Å². The molecule has 0 aliphatic heterocycles. The number of nitrogens with one attached hydrogen (secondary N) is 2. The van der Waals surface area contributed by atoms with Crippen molar-refractivity contribution >= 4 is 17.9 Å². The highest BCUT2D eigenvalue weighted by Crippen LogP contribution is 2.18. The van der Waals surface area contributed by atoms with E-state index in [2.05, 4.69) is 10.6 Å². The lowest BCUT2D eigenvalue weighted by atomic mass is 10.0. The fraction of sp³-hybridized carbons (Fsp3) is 0.370. The quantitative estimate of drug-likeness (QED) is 0.459. The molecule has 0 saturated carbocycles. The van der Waals surface area contributed by atoms with Crippen LogP contribution in [0.15, 0.2) is 72.8 Å². The number of amides is 3. The lowest BCUT2D eigenvalue weighted by molar-refractivity contribution is -0.127. The second-order valence-corrected chi connectivity index (χ2v) is 9.20. The molecule has 0 radical (unpaired) electrons. The van der Waals surface area contributed by atoms with Crippen LogP contribution in [0.5, 0.6) is 0 Å². The first kappa shape index (κ1) is 26.6. The van der Waals surface area contributed by atoms with E-state index in [1.807, 2.05) is 60.7 Å². The van der Waals surface area contributed by atoms with Crippen molar-refractivity contribution in [1.29, 1.82) is 0 Å². The summed E-state index contributed by atoms with van der Waals surface area (Å²) >= 11 is 0. The topological polar surface area (TPSA) is 98.7 Å². The molecule has 3 amide bonds. The minimum absolute atomic E-state index is 0.266. The Morgan fingerprint density at radius 2 is 1.53 bits per heavy atom. The number of aryl methyl sites for hydroxylation is 1. The van der Waals surface area contributed by atoms with E-state index in [-0.39, 0.29) is 5.91 Å². The Bertz CT molecular complexity index is 968. The molecule has 0 aliphatic carbocycles. The fourth-order valence-electron chi connectivity index (χ4n) is 3.68. The maximum Gasteiger partial charge on any atom is 0.408 e. The maximum atomic E-state index is 13.0. The van der Waals surface area contributed by atoms with Gasteiger partial charge in [0.25, 0.3) is 0 Å². The highest BCUT2D eigenvalue weighted by atomic mass is 16.4. The van der Waals surface area contributed by atoms with Crippen molar-refractivity contribution in [2.24, 2.45) is 0 Å². The summed E-state index contributed by atoms with van der Waals surface area (Å²) in [6, 6.07) is 18.1. The van der Waals surface area contributed by atoms with Crippen LogP contribution in [0.4, 0.5) is 4.79 Å². The number of hydrogen-bond acceptors (Lipinski definition) is 3. The van der Waals surface area contributed by atoms with Crippen molar-refractivity contribution in [2.75, 3.05) is 0 Å². The predicted molar refractivity (Wildman–Crippen MR) is 133 cm³/mol. The molecular formula is C27H35N3O4. The normalized spacial score (nSPS) is 13.2. The van der Waals surface area contributed by atoms with Crippen LogP contribution >= 0.6 is 0 Å². The van der Waals surface area contributed by atoms with E-state index in [0.29, 0.717) is 19.4 Å². The molecule has 7 nitrogen and oxygen atoms in total. The lowest BCUT2D eigenvalue weighted by Gasteiger charge is -2.37. The minimum Gasteiger partial charge on any atom is -0.465 e. The molecular weight excluding hydrogens is 430 g/mol. The van der Waals surface area contributed by atoms with Crippen molar-refractivity contribution < 1.29 is 19.5 Å². The summed E-state index contributed by atoms with van der Waals surface area (Å²) in [6.45, 7) is 7.21. The Labute approximate surface area is 201 Å². The molecule has 2 aromatic rings. The second-order valence-electron chi connectivity index (χ2n) is 9.20. The number of benzene rings is 2. The van der Waals surface area contributed by atoms with Crippen LogP contribution in [0.25, 0.3) is 0 Å². The Morgan fingerprint density at radius 3 is 2.06 bits per heavy atom. The summed E-state index contributed by atoms with van der Waals surface area (Å²) < 4.78 is 0. The molecule has 0 heterocycles. The van der Waals surface area contributed by atoms with Crippen molar-refractivity contribution in [3.05, 3.63) is 83.9 Å². The summed E-state index contributed by atoms with van der Waals surface area (Å²) in [7, 11) is 0. The number of rotatable bonds is 10. The van der Waals surface area contributed by atoms with E-state index in [0.717, 1.165) is 16.0 Å². The summed E-state index contributed by atoms with van der Waals surface area (Å²) in [4.78, 5) is 38.2. The Hall–Kier alpha value is -3.61. The van der Waals surface area contributed by atoms with Crippen LogP contribution in [0.2, 0.25) is 0 Å². The zero-order valence-corrected chi connectivity index (χ0v) is 20.3. The molecule has 2 rings (SSSR count). The minimum atomic E-state index is -1.16. The van der Waals surface area contributed by atoms with Crippen molar-refractivity contribution in [3.63, 3.8) is 0 Å². The monoisotopic (exact) mass is 465 g/mol. The van der Waals surface area contributed by atoms with E-state index >= 15 is 0 Å². The highest BCUT2D eigenvalue weighted by Gasteiger charge is 2.35. The Kier molecular flexibility index (Phi) is 9.86. The van der Waals surface area contributed by atoms with Crippen LogP contribution in [0, 0.1) is 0 Å². The second kappa shape index (κ2) is 12.6. The number of nitrogens with zero attached hydrogens (tertiary/aromatic N) is 1. The smallest absolute Gasteiger partial charge is 0.408 e. The van der Waals surface area contributed by atoms with Gasteiger partial charge in [-0.2, -0.15) is 0 Å². The molecule has 0 bridgehead atoms. The number of hydrogen-bond donors (Lipinski definition) is 3. The molecule has 2 atom stereocenters. The van der Waals surface area contributed by atoms with Gasteiger partial charge in [0.15, 0.2) is 0 Å². The molecule has 0 unspecified atom stereocenters. The largest absolute Gasteiger partial charge is 0.465 e. The van der Waals surface area contributed by atoms with E-state index in [1.54, 1.807) is 33.8 Å². The molecule has 7 heteroatoms. The van der Waals surface area contributed by atoms with Gasteiger partial charge in [0.1, 0.15) is 6.04 Å². The number of carbonyl (C=O) groups is 3. The van der Waals surface area contributed by atoms with Gasteiger partial charge < -0.3 is 15.7 Å². The fourth-order valence-corrected chi connectivity index (χ4v) is 3.68. The van der Waals surface area contributed by atoms with Gasteiger partial charge >= 0.3 is 6.09 Å². The van der Waals surface area contributed by atoms with Crippen LogP contribution in [-0.2, 0) is 22.6 Å². The van der Waals surface area contributed by atoms with Crippen molar-refractivity contribution in [1.82, 2.24) is 15.5 Å². The SMILES string of the molecule is C[C@@H](C(=O)N[C@H](C=CC(=O)NCc1ccccc1)CCc1ccccc1)N(C(=O)O)C(C)(C)C. The van der Waals surface area contributed by atoms with Crippen molar-refractivity contribution in [2.45, 2.75) is 64.7 Å². The van der Waals surface area contributed by atoms with Gasteiger partial charge in [-0.3, -0.25) is 14.5 Å². The van der Waals surface area contributed by atoms with Crippen molar-refractivity contribution in [3.8, 4) is 0 Å². The molecule has 0 saturated heterocycles. The van der Waals surface area contributed by atoms with Gasteiger partial charge in [-0.25, -0.2) is 4.79 Å². The third-order valence-corrected chi connectivity index (χ3v) is 5.40. The van der Waals surface area contributed by atoms with E-state index in [1.165, 1.54) is 6.08 Å². The Balaban J connectivity index is 2.08. The first-order valence-corrected chi connectivity index (χ1v) is 11.4. The van der Waals surface area contributed by atoms with Gasteiger partial charge in [-0.05, 0) is 51.7 Å². The molecule has 182 valence electrons. The summed E-state index contributed by atoms with van der Waals surface area (Å²) in [5.74, 6) is -0.678. The van der Waals surface area contributed by atoms with Crippen LogP contribution in [0.1, 0.15) is 45.2 Å². The molecule has 3 N–H and O–H groups in total. The average Bonchev–Trinajstić information content (AvgIpc) is 2.79. The van der Waals surface area contributed by atoms with Crippen LogP contribution in [-0.4, -0.2) is 45.5 Å². The van der Waals surface area contributed by atoms with Gasteiger partial charge in [-0.15, -0.1) is 0 Å². The molecule has 2 aromatic carbocycles. The number of carbonyl (C=O) groups excluding carboxylic acids is 2. The highest BCUT2D eigenvalue weighted by molar-refractivity contribution is 5.88. The molecule has 34 heavy (non-hydrogen) atoms. The lowest BCUT2D eigenvalue weighted by Crippen LogP contribution is -2.56. The average molecular weight is 466 g/mol. The summed E-state index contributed by atoms with van der Waals surface area (Å²) in [5.41, 5.74) is 1.36. The molecule has 0 spiro atoms. The van der Waals surface area contributed by atoms with Crippen LogP contribution < -0.4 is 10.6 Å².